The number of nitrogens with two attached hydrogens (primary N) is 1. The molecule has 1 aliphatic heterocycles. The fourth-order valence-electron chi connectivity index (χ4n) is 3.96. The van der Waals surface area contributed by atoms with Crippen LogP contribution in [0.5, 0.6) is 0 Å². The number of nitrogens with zero attached hydrogens (tertiary/aromatic N) is 1. The Bertz CT molecular complexity index is 1130. The van der Waals surface area contributed by atoms with Gasteiger partial charge in [0.1, 0.15) is 0 Å². The summed E-state index contributed by atoms with van der Waals surface area (Å²) in [6, 6.07) is 15.9. The van der Waals surface area contributed by atoms with Gasteiger partial charge >= 0.3 is 0 Å². The Balaban J connectivity index is 1.27. The highest BCUT2D eigenvalue weighted by molar-refractivity contribution is 7.20. The Kier molecular flexibility index (Phi) is 7.25. The van der Waals surface area contributed by atoms with Crippen LogP contribution in [0.3, 0.4) is 0 Å². The molecule has 4 rings (SSSR count). The molecule has 7 heteroatoms. The summed E-state index contributed by atoms with van der Waals surface area (Å²) in [4.78, 5) is 26.9. The molecule has 2 amide bonds. The predicted molar refractivity (Wildman–Crippen MR) is 133 cm³/mol. The lowest BCUT2D eigenvalue weighted by Gasteiger charge is -2.30. The van der Waals surface area contributed by atoms with Crippen molar-refractivity contribution in [1.29, 1.82) is 0 Å². The van der Waals surface area contributed by atoms with Gasteiger partial charge < -0.3 is 16.0 Å². The molecule has 0 radical (unpaired) electrons. The lowest BCUT2D eigenvalue weighted by molar-refractivity contribution is -0.123. The normalized spacial score (nSPS) is 15.4. The van der Waals surface area contributed by atoms with Crippen LogP contribution in [0.15, 0.2) is 54.6 Å². The van der Waals surface area contributed by atoms with Gasteiger partial charge in [-0.25, -0.2) is 0 Å². The summed E-state index contributed by atoms with van der Waals surface area (Å²) < 4.78 is 1.10. The first-order valence-electron chi connectivity index (χ1n) is 10.8. The number of likely N-dealkylation sites (tertiary alicyclic amines) is 1. The zero-order valence-corrected chi connectivity index (χ0v) is 19.3. The SMILES string of the molecule is NC(=O)C1CCN(CCc2ccc(NC(=O)/C=C/c3sc4ccccc4c3Cl)cc2)CC1. The zero-order valence-electron chi connectivity index (χ0n) is 17.7. The Morgan fingerprint density at radius 2 is 1.84 bits per heavy atom. The summed E-state index contributed by atoms with van der Waals surface area (Å²) in [5.41, 5.74) is 7.37. The van der Waals surface area contributed by atoms with E-state index in [-0.39, 0.29) is 17.7 Å². The fraction of sp³-hybridized carbons (Fsp3) is 0.280. The first-order chi connectivity index (χ1) is 15.5. The van der Waals surface area contributed by atoms with E-state index < -0.39 is 0 Å². The number of primary amides is 1. The van der Waals surface area contributed by atoms with Crippen molar-refractivity contribution in [3.8, 4) is 0 Å². The van der Waals surface area contributed by atoms with Crippen molar-refractivity contribution in [2.75, 3.05) is 25.0 Å². The average molecular weight is 468 g/mol. The number of carbonyl (C=O) groups is 2. The van der Waals surface area contributed by atoms with Crippen molar-refractivity contribution in [2.45, 2.75) is 19.3 Å². The number of rotatable bonds is 7. The first-order valence-corrected chi connectivity index (χ1v) is 12.0. The molecule has 1 aliphatic rings. The minimum absolute atomic E-state index is 0.0260. The quantitative estimate of drug-likeness (QED) is 0.483. The van der Waals surface area contributed by atoms with Crippen LogP contribution < -0.4 is 11.1 Å². The van der Waals surface area contributed by atoms with Gasteiger partial charge in [-0.1, -0.05) is 41.9 Å². The molecule has 2 aromatic carbocycles. The molecule has 5 nitrogen and oxygen atoms in total. The van der Waals surface area contributed by atoms with E-state index in [0.29, 0.717) is 5.02 Å². The number of carbonyl (C=O) groups excluding carboxylic acids is 2. The molecule has 0 saturated carbocycles. The zero-order chi connectivity index (χ0) is 22.5. The van der Waals surface area contributed by atoms with E-state index in [1.54, 1.807) is 17.4 Å². The van der Waals surface area contributed by atoms with Crippen LogP contribution in [0.1, 0.15) is 23.3 Å². The summed E-state index contributed by atoms with van der Waals surface area (Å²) in [7, 11) is 0. The summed E-state index contributed by atoms with van der Waals surface area (Å²) in [5.74, 6) is -0.342. The summed E-state index contributed by atoms with van der Waals surface area (Å²) in [5, 5.41) is 4.58. The molecule has 0 bridgehead atoms. The van der Waals surface area contributed by atoms with Crippen molar-refractivity contribution in [2.24, 2.45) is 11.7 Å². The second-order valence-electron chi connectivity index (χ2n) is 8.06. The highest BCUT2D eigenvalue weighted by Gasteiger charge is 2.22. The number of halogens is 1. The van der Waals surface area contributed by atoms with Crippen LogP contribution in [0.25, 0.3) is 16.2 Å². The third-order valence-corrected chi connectivity index (χ3v) is 7.53. The van der Waals surface area contributed by atoms with E-state index in [1.807, 2.05) is 48.5 Å². The van der Waals surface area contributed by atoms with E-state index >= 15 is 0 Å². The van der Waals surface area contributed by atoms with Crippen molar-refractivity contribution in [3.05, 3.63) is 70.1 Å². The molecule has 3 aromatic rings. The molecule has 0 unspecified atom stereocenters. The standard InChI is InChI=1S/C25H26ClN3O2S/c26-24-20-3-1-2-4-21(20)32-22(24)9-10-23(30)28-19-7-5-17(6-8-19)11-14-29-15-12-18(13-16-29)25(27)31/h1-10,18H,11-16H2,(H2,27,31)(H,28,30)/b10-9+. The third-order valence-electron chi connectivity index (χ3n) is 5.87. The van der Waals surface area contributed by atoms with Crippen molar-refractivity contribution in [1.82, 2.24) is 4.90 Å². The number of thiophene rings is 1. The first kappa shape index (κ1) is 22.5. The molecule has 0 atom stereocenters. The van der Waals surface area contributed by atoms with Crippen LogP contribution in [0.4, 0.5) is 5.69 Å². The highest BCUT2D eigenvalue weighted by atomic mass is 35.5. The van der Waals surface area contributed by atoms with Gasteiger partial charge in [0.25, 0.3) is 0 Å². The predicted octanol–water partition coefficient (Wildman–Crippen LogP) is 4.95. The number of piperidine rings is 1. The maximum atomic E-state index is 12.3. The van der Waals surface area contributed by atoms with Gasteiger partial charge in [0, 0.05) is 39.2 Å². The number of anilines is 1. The van der Waals surface area contributed by atoms with Gasteiger partial charge in [-0.3, -0.25) is 9.59 Å². The number of amides is 2. The van der Waals surface area contributed by atoms with Crippen LogP contribution in [0, 0.1) is 5.92 Å². The monoisotopic (exact) mass is 467 g/mol. The van der Waals surface area contributed by atoms with Crippen LogP contribution in [-0.2, 0) is 16.0 Å². The maximum Gasteiger partial charge on any atom is 0.248 e. The van der Waals surface area contributed by atoms with Gasteiger partial charge in [0.05, 0.1) is 5.02 Å². The summed E-state index contributed by atoms with van der Waals surface area (Å²) in [6.45, 7) is 2.78. The molecule has 0 spiro atoms. The molecule has 1 aromatic heterocycles. The minimum atomic E-state index is -0.191. The molecule has 1 fully saturated rings. The molecule has 166 valence electrons. The van der Waals surface area contributed by atoms with Gasteiger partial charge in [-0.15, -0.1) is 11.3 Å². The lowest BCUT2D eigenvalue weighted by atomic mass is 9.96. The number of benzene rings is 2. The summed E-state index contributed by atoms with van der Waals surface area (Å²) in [6.07, 6.45) is 5.90. The maximum absolute atomic E-state index is 12.3. The smallest absolute Gasteiger partial charge is 0.248 e. The summed E-state index contributed by atoms with van der Waals surface area (Å²) >= 11 is 8.00. The number of hydrogen-bond donors (Lipinski definition) is 2. The molecule has 3 N–H and O–H groups in total. The number of fused-ring (bicyclic) bond motifs is 1. The van der Waals surface area contributed by atoms with E-state index in [2.05, 4.69) is 10.2 Å². The average Bonchev–Trinajstić information content (AvgIpc) is 3.13. The second kappa shape index (κ2) is 10.3. The van der Waals surface area contributed by atoms with Crippen LogP contribution in [-0.4, -0.2) is 36.3 Å². The molecule has 2 heterocycles. The minimum Gasteiger partial charge on any atom is -0.369 e. The van der Waals surface area contributed by atoms with Gasteiger partial charge in [-0.05, 0) is 62.2 Å². The Morgan fingerprint density at radius 1 is 1.12 bits per heavy atom. The Labute approximate surface area is 196 Å². The van der Waals surface area contributed by atoms with E-state index in [1.165, 1.54) is 11.6 Å². The Hall–Kier alpha value is -2.67. The number of hydrogen-bond acceptors (Lipinski definition) is 4. The van der Waals surface area contributed by atoms with Crippen molar-refractivity contribution in [3.63, 3.8) is 0 Å². The van der Waals surface area contributed by atoms with Crippen molar-refractivity contribution < 1.29 is 9.59 Å². The second-order valence-corrected chi connectivity index (χ2v) is 9.53. The third kappa shape index (κ3) is 5.57. The topological polar surface area (TPSA) is 75.4 Å². The van der Waals surface area contributed by atoms with Crippen LogP contribution in [0.2, 0.25) is 5.02 Å². The molecule has 0 aliphatic carbocycles. The highest BCUT2D eigenvalue weighted by Crippen LogP contribution is 2.35. The van der Waals surface area contributed by atoms with E-state index in [9.17, 15) is 9.59 Å². The lowest BCUT2D eigenvalue weighted by Crippen LogP contribution is -2.39. The molecular formula is C25H26ClN3O2S. The molecule has 1 saturated heterocycles. The van der Waals surface area contributed by atoms with E-state index in [4.69, 9.17) is 17.3 Å². The molecular weight excluding hydrogens is 442 g/mol. The fourth-order valence-corrected chi connectivity index (χ4v) is 5.36. The Morgan fingerprint density at radius 3 is 2.53 bits per heavy atom. The van der Waals surface area contributed by atoms with Gasteiger partial charge in [0.15, 0.2) is 0 Å². The number of nitrogens with one attached hydrogen (secondary N) is 1. The largest absolute Gasteiger partial charge is 0.369 e. The molecule has 32 heavy (non-hydrogen) atoms. The van der Waals surface area contributed by atoms with E-state index in [0.717, 1.165) is 59.5 Å². The van der Waals surface area contributed by atoms with Gasteiger partial charge in [-0.2, -0.15) is 0 Å². The van der Waals surface area contributed by atoms with Crippen LogP contribution >= 0.6 is 22.9 Å². The van der Waals surface area contributed by atoms with Gasteiger partial charge in [0.2, 0.25) is 11.8 Å². The van der Waals surface area contributed by atoms with Crippen molar-refractivity contribution >= 4 is 56.6 Å².